The van der Waals surface area contributed by atoms with Crippen molar-refractivity contribution in [1.82, 2.24) is 5.32 Å². The maximum Gasteiger partial charge on any atom is 0.133 e. The van der Waals surface area contributed by atoms with Crippen LogP contribution in [0.4, 0.5) is 0 Å². The van der Waals surface area contributed by atoms with E-state index in [1.807, 2.05) is 0 Å². The van der Waals surface area contributed by atoms with Crippen LogP contribution >= 0.6 is 0 Å². The predicted molar refractivity (Wildman–Crippen MR) is 73.2 cm³/mol. The minimum atomic E-state index is 0.493. The highest BCUT2D eigenvalue weighted by atomic mass is 16.1. The van der Waals surface area contributed by atoms with Gasteiger partial charge in [-0.25, -0.2) is 0 Å². The zero-order valence-corrected chi connectivity index (χ0v) is 11.5. The molecule has 0 aliphatic carbocycles. The Morgan fingerprint density at radius 1 is 1.12 bits per heavy atom. The highest BCUT2D eigenvalue weighted by molar-refractivity contribution is 5.78. The van der Waals surface area contributed by atoms with Gasteiger partial charge in [-0.2, -0.15) is 0 Å². The van der Waals surface area contributed by atoms with E-state index in [-0.39, 0.29) is 0 Å². The maximum atomic E-state index is 11.7. The molecule has 1 heterocycles. The number of ketones is 1. The summed E-state index contributed by atoms with van der Waals surface area (Å²) >= 11 is 0. The molecule has 2 nitrogen and oxygen atoms in total. The Morgan fingerprint density at radius 3 is 2.47 bits per heavy atom. The van der Waals surface area contributed by atoms with Crippen molar-refractivity contribution in [1.29, 1.82) is 0 Å². The largest absolute Gasteiger partial charge is 0.316 e. The van der Waals surface area contributed by atoms with Crippen molar-refractivity contribution in [2.75, 3.05) is 13.1 Å². The Bertz CT molecular complexity index is 197. The van der Waals surface area contributed by atoms with Crippen molar-refractivity contribution >= 4 is 5.78 Å². The standard InChI is InChI=1S/C15H29NO/c1-2-3-4-5-6-7-8-9-15(17)12-14-10-11-16-13-14/h14,16H,2-13H2,1H3. The van der Waals surface area contributed by atoms with Gasteiger partial charge in [-0.15, -0.1) is 0 Å². The molecule has 1 saturated heterocycles. The molecule has 0 aromatic carbocycles. The summed E-state index contributed by atoms with van der Waals surface area (Å²) in [5.41, 5.74) is 0. The number of nitrogens with one attached hydrogen (secondary N) is 1. The summed E-state index contributed by atoms with van der Waals surface area (Å²) in [6, 6.07) is 0. The van der Waals surface area contributed by atoms with E-state index in [1.54, 1.807) is 0 Å². The van der Waals surface area contributed by atoms with Crippen molar-refractivity contribution < 1.29 is 4.79 Å². The Balaban J connectivity index is 1.86. The maximum absolute atomic E-state index is 11.7. The Kier molecular flexibility index (Phi) is 8.33. The zero-order chi connectivity index (χ0) is 12.3. The number of rotatable bonds is 10. The van der Waals surface area contributed by atoms with Crippen LogP contribution < -0.4 is 5.32 Å². The van der Waals surface area contributed by atoms with Crippen LogP contribution in [0.25, 0.3) is 0 Å². The van der Waals surface area contributed by atoms with Crippen molar-refractivity contribution in [2.45, 2.75) is 71.1 Å². The average Bonchev–Trinajstić information content (AvgIpc) is 2.80. The summed E-state index contributed by atoms with van der Waals surface area (Å²) < 4.78 is 0. The number of hydrogen-bond donors (Lipinski definition) is 1. The molecule has 1 fully saturated rings. The normalized spacial score (nSPS) is 19.7. The van der Waals surface area contributed by atoms with Gasteiger partial charge in [-0.05, 0) is 31.8 Å². The lowest BCUT2D eigenvalue weighted by molar-refractivity contribution is -0.119. The lowest BCUT2D eigenvalue weighted by Gasteiger charge is -2.06. The van der Waals surface area contributed by atoms with Crippen LogP contribution in [0.1, 0.15) is 71.1 Å². The van der Waals surface area contributed by atoms with Gasteiger partial charge < -0.3 is 5.32 Å². The first-order valence-corrected chi connectivity index (χ1v) is 7.55. The van der Waals surface area contributed by atoms with Gasteiger partial charge in [0, 0.05) is 12.8 Å². The van der Waals surface area contributed by atoms with Crippen LogP contribution in [0.3, 0.4) is 0 Å². The van der Waals surface area contributed by atoms with Gasteiger partial charge in [0.25, 0.3) is 0 Å². The molecule has 0 saturated carbocycles. The molecule has 1 aliphatic rings. The number of unbranched alkanes of at least 4 members (excludes halogenated alkanes) is 6. The highest BCUT2D eigenvalue weighted by Gasteiger charge is 2.17. The first-order valence-electron chi connectivity index (χ1n) is 7.55. The number of hydrogen-bond acceptors (Lipinski definition) is 2. The summed E-state index contributed by atoms with van der Waals surface area (Å²) in [5.74, 6) is 1.12. The molecule has 17 heavy (non-hydrogen) atoms. The third-order valence-corrected chi connectivity index (χ3v) is 3.74. The number of carbonyl (C=O) groups excluding carboxylic acids is 1. The monoisotopic (exact) mass is 239 g/mol. The van der Waals surface area contributed by atoms with Gasteiger partial charge in [0.15, 0.2) is 0 Å². The molecule has 0 aromatic heterocycles. The predicted octanol–water partition coefficient (Wildman–Crippen LogP) is 3.70. The van der Waals surface area contributed by atoms with E-state index in [9.17, 15) is 4.79 Å². The molecule has 1 unspecified atom stereocenters. The molecule has 0 spiro atoms. The molecular formula is C15H29NO. The molecule has 0 radical (unpaired) electrons. The number of Topliss-reactive ketones (excluding diaryl/α,β-unsaturated/α-hetero) is 1. The summed E-state index contributed by atoms with van der Waals surface area (Å²) in [6.07, 6.45) is 11.9. The van der Waals surface area contributed by atoms with Crippen LogP contribution in [0, 0.1) is 5.92 Å². The van der Waals surface area contributed by atoms with E-state index in [4.69, 9.17) is 0 Å². The van der Waals surface area contributed by atoms with Gasteiger partial charge in [-0.3, -0.25) is 4.79 Å². The Hall–Kier alpha value is -0.370. The molecule has 1 rings (SSSR count). The van der Waals surface area contributed by atoms with E-state index >= 15 is 0 Å². The fraction of sp³-hybridized carbons (Fsp3) is 0.933. The zero-order valence-electron chi connectivity index (χ0n) is 11.5. The summed E-state index contributed by atoms with van der Waals surface area (Å²) in [6.45, 7) is 4.41. The van der Waals surface area contributed by atoms with Crippen LogP contribution in [0.2, 0.25) is 0 Å². The highest BCUT2D eigenvalue weighted by Crippen LogP contribution is 2.15. The second-order valence-electron chi connectivity index (χ2n) is 5.47. The van der Waals surface area contributed by atoms with Crippen LogP contribution in [0.15, 0.2) is 0 Å². The smallest absolute Gasteiger partial charge is 0.133 e. The van der Waals surface area contributed by atoms with Gasteiger partial charge in [-0.1, -0.05) is 45.4 Å². The molecule has 0 aromatic rings. The molecule has 2 heteroatoms. The van der Waals surface area contributed by atoms with Crippen molar-refractivity contribution in [3.63, 3.8) is 0 Å². The molecule has 0 amide bonds. The van der Waals surface area contributed by atoms with Gasteiger partial charge in [0.05, 0.1) is 0 Å². The molecule has 0 bridgehead atoms. The minimum Gasteiger partial charge on any atom is -0.316 e. The summed E-state index contributed by atoms with van der Waals surface area (Å²) in [5, 5.41) is 3.32. The molecule has 1 N–H and O–H groups in total. The molecule has 100 valence electrons. The average molecular weight is 239 g/mol. The van der Waals surface area contributed by atoms with Crippen LogP contribution in [-0.4, -0.2) is 18.9 Å². The Morgan fingerprint density at radius 2 is 1.82 bits per heavy atom. The van der Waals surface area contributed by atoms with Crippen LogP contribution in [-0.2, 0) is 4.79 Å². The van der Waals surface area contributed by atoms with E-state index in [1.165, 1.54) is 44.9 Å². The first kappa shape index (κ1) is 14.7. The first-order chi connectivity index (χ1) is 8.33. The fourth-order valence-corrected chi connectivity index (χ4v) is 2.59. The molecule has 1 aliphatic heterocycles. The van der Waals surface area contributed by atoms with Crippen molar-refractivity contribution in [2.24, 2.45) is 5.92 Å². The molecule has 1 atom stereocenters. The number of carbonyl (C=O) groups is 1. The van der Waals surface area contributed by atoms with E-state index < -0.39 is 0 Å². The van der Waals surface area contributed by atoms with E-state index in [0.29, 0.717) is 11.7 Å². The fourth-order valence-electron chi connectivity index (χ4n) is 2.59. The topological polar surface area (TPSA) is 29.1 Å². The van der Waals surface area contributed by atoms with Crippen LogP contribution in [0.5, 0.6) is 0 Å². The lowest BCUT2D eigenvalue weighted by Crippen LogP contribution is -2.12. The second kappa shape index (κ2) is 9.64. The lowest BCUT2D eigenvalue weighted by atomic mass is 9.98. The second-order valence-corrected chi connectivity index (χ2v) is 5.47. The van der Waals surface area contributed by atoms with Gasteiger partial charge in [0.1, 0.15) is 5.78 Å². The van der Waals surface area contributed by atoms with Crippen molar-refractivity contribution in [3.05, 3.63) is 0 Å². The third kappa shape index (κ3) is 7.54. The Labute approximate surface area is 107 Å². The summed E-state index contributed by atoms with van der Waals surface area (Å²) in [4.78, 5) is 11.7. The van der Waals surface area contributed by atoms with E-state index in [2.05, 4.69) is 12.2 Å². The third-order valence-electron chi connectivity index (χ3n) is 3.74. The molecular weight excluding hydrogens is 210 g/mol. The van der Waals surface area contributed by atoms with E-state index in [0.717, 1.165) is 32.4 Å². The van der Waals surface area contributed by atoms with Crippen molar-refractivity contribution in [3.8, 4) is 0 Å². The minimum absolute atomic E-state index is 0.493. The summed E-state index contributed by atoms with van der Waals surface area (Å²) in [7, 11) is 0. The quantitative estimate of drug-likeness (QED) is 0.589. The van der Waals surface area contributed by atoms with Gasteiger partial charge in [0.2, 0.25) is 0 Å². The SMILES string of the molecule is CCCCCCCCCC(=O)CC1CCNC1. The van der Waals surface area contributed by atoms with Gasteiger partial charge >= 0.3 is 0 Å².